The highest BCUT2D eigenvalue weighted by Crippen LogP contribution is 2.12. The van der Waals surface area contributed by atoms with Gasteiger partial charge >= 0.3 is 0 Å². The maximum atomic E-state index is 11.7. The van der Waals surface area contributed by atoms with E-state index in [2.05, 4.69) is 5.10 Å². The minimum absolute atomic E-state index is 0.268. The molecule has 0 amide bonds. The monoisotopic (exact) mass is 261 g/mol. The molecule has 2 N–H and O–H groups in total. The molecule has 0 saturated carbocycles. The summed E-state index contributed by atoms with van der Waals surface area (Å²) in [7, 11) is 0. The molecule has 5 heteroatoms. The second-order valence-electron chi connectivity index (χ2n) is 3.87. The smallest absolute Gasteiger partial charge is 0.273 e. The van der Waals surface area contributed by atoms with Crippen molar-refractivity contribution in [3.8, 4) is 0 Å². The third-order valence-corrected chi connectivity index (χ3v) is 2.74. The van der Waals surface area contributed by atoms with Crippen molar-refractivity contribution in [1.82, 2.24) is 4.68 Å². The Morgan fingerprint density at radius 1 is 1.33 bits per heavy atom. The molecular weight excluding hydrogens is 250 g/mol. The molecule has 2 rings (SSSR count). The van der Waals surface area contributed by atoms with Crippen LogP contribution in [0, 0.1) is 6.92 Å². The quantitative estimate of drug-likeness (QED) is 0.843. The second kappa shape index (κ2) is 5.06. The highest BCUT2D eigenvalue weighted by molar-refractivity contribution is 6.33. The first-order valence-electron chi connectivity index (χ1n) is 5.36. The Kier molecular flexibility index (Phi) is 3.48. The molecule has 0 atom stereocenters. The summed E-state index contributed by atoms with van der Waals surface area (Å²) < 4.78 is 1.14. The molecule has 0 saturated heterocycles. The van der Waals surface area contributed by atoms with E-state index >= 15 is 0 Å². The molecule has 1 aromatic carbocycles. The van der Waals surface area contributed by atoms with Gasteiger partial charge in [0.05, 0.1) is 6.21 Å². The van der Waals surface area contributed by atoms with Crippen molar-refractivity contribution in [2.24, 2.45) is 5.10 Å². The summed E-state index contributed by atoms with van der Waals surface area (Å²) in [4.78, 5) is 11.7. The van der Waals surface area contributed by atoms with Gasteiger partial charge in [-0.1, -0.05) is 29.8 Å². The first-order chi connectivity index (χ1) is 8.58. The zero-order chi connectivity index (χ0) is 13.1. The Morgan fingerprint density at radius 2 is 2.06 bits per heavy atom. The molecule has 0 radical (unpaired) electrons. The van der Waals surface area contributed by atoms with Gasteiger partial charge < -0.3 is 5.73 Å². The van der Waals surface area contributed by atoms with Crippen LogP contribution in [-0.4, -0.2) is 10.9 Å². The third-order valence-electron chi connectivity index (χ3n) is 2.40. The molecule has 0 aliphatic heterocycles. The fourth-order valence-corrected chi connectivity index (χ4v) is 1.73. The summed E-state index contributed by atoms with van der Waals surface area (Å²) in [6.07, 6.45) is 1.51. The summed E-state index contributed by atoms with van der Waals surface area (Å²) in [6, 6.07) is 10.4. The molecule has 0 aliphatic carbocycles. The molecule has 1 aromatic heterocycles. The lowest BCUT2D eigenvalue weighted by atomic mass is 10.2. The second-order valence-corrected chi connectivity index (χ2v) is 4.28. The van der Waals surface area contributed by atoms with E-state index in [0.29, 0.717) is 10.8 Å². The van der Waals surface area contributed by atoms with Gasteiger partial charge in [0.2, 0.25) is 0 Å². The first-order valence-corrected chi connectivity index (χ1v) is 5.74. The number of nitrogens with two attached hydrogens (primary N) is 1. The average molecular weight is 262 g/mol. The van der Waals surface area contributed by atoms with Crippen LogP contribution in [0.2, 0.25) is 5.02 Å². The number of nitrogens with zero attached hydrogens (tertiary/aromatic N) is 2. The van der Waals surface area contributed by atoms with E-state index in [4.69, 9.17) is 17.3 Å². The minimum Gasteiger partial charge on any atom is -0.384 e. The van der Waals surface area contributed by atoms with Crippen LogP contribution >= 0.6 is 11.6 Å². The van der Waals surface area contributed by atoms with Crippen molar-refractivity contribution >= 4 is 23.6 Å². The van der Waals surface area contributed by atoms with Crippen LogP contribution in [0.25, 0.3) is 0 Å². The molecular formula is C13H12ClN3O. The Labute approximate surface area is 109 Å². The number of hydrogen-bond acceptors (Lipinski definition) is 3. The van der Waals surface area contributed by atoms with Gasteiger partial charge in [-0.25, -0.2) is 0 Å². The van der Waals surface area contributed by atoms with Crippen LogP contribution in [-0.2, 0) is 0 Å². The van der Waals surface area contributed by atoms with Gasteiger partial charge in [0.25, 0.3) is 5.56 Å². The van der Waals surface area contributed by atoms with Crippen molar-refractivity contribution < 1.29 is 0 Å². The SMILES string of the molecule is Cc1cc(N)n(/N=C\c2ccccc2Cl)c(=O)c1. The van der Waals surface area contributed by atoms with Gasteiger partial charge in [-0.15, -0.1) is 0 Å². The summed E-state index contributed by atoms with van der Waals surface area (Å²) in [5.74, 6) is 0.295. The van der Waals surface area contributed by atoms with Crippen LogP contribution in [0.4, 0.5) is 5.82 Å². The number of aryl methyl sites for hydroxylation is 1. The number of benzene rings is 1. The molecule has 0 aliphatic rings. The Balaban J connectivity index is 2.42. The molecule has 18 heavy (non-hydrogen) atoms. The normalized spacial score (nSPS) is 11.0. The number of aromatic nitrogens is 1. The average Bonchev–Trinajstić information content (AvgIpc) is 2.30. The van der Waals surface area contributed by atoms with Gasteiger partial charge in [0.1, 0.15) is 5.82 Å². The third kappa shape index (κ3) is 2.60. The van der Waals surface area contributed by atoms with E-state index in [1.54, 1.807) is 25.1 Å². The first kappa shape index (κ1) is 12.4. The van der Waals surface area contributed by atoms with Gasteiger partial charge in [-0.2, -0.15) is 9.78 Å². The molecule has 0 spiro atoms. The number of pyridine rings is 1. The molecule has 4 nitrogen and oxygen atoms in total. The van der Waals surface area contributed by atoms with E-state index in [-0.39, 0.29) is 5.56 Å². The predicted molar refractivity (Wildman–Crippen MR) is 74.3 cm³/mol. The standard InChI is InChI=1S/C13H12ClN3O/c1-9-6-12(15)17(13(18)7-9)16-8-10-4-2-3-5-11(10)14/h2-8H,15H2,1H3/b16-8-. The zero-order valence-corrected chi connectivity index (χ0v) is 10.6. The zero-order valence-electron chi connectivity index (χ0n) is 9.80. The summed E-state index contributed by atoms with van der Waals surface area (Å²) in [6.45, 7) is 1.81. The molecule has 0 unspecified atom stereocenters. The molecule has 2 aromatic rings. The van der Waals surface area contributed by atoms with Crippen molar-refractivity contribution in [3.05, 3.63) is 62.9 Å². The lowest BCUT2D eigenvalue weighted by molar-refractivity contribution is 0.843. The highest BCUT2D eigenvalue weighted by atomic mass is 35.5. The van der Waals surface area contributed by atoms with Crippen molar-refractivity contribution in [2.45, 2.75) is 6.92 Å². The van der Waals surface area contributed by atoms with Gasteiger partial charge in [-0.3, -0.25) is 4.79 Å². The fraction of sp³-hybridized carbons (Fsp3) is 0.0769. The van der Waals surface area contributed by atoms with Crippen LogP contribution in [0.3, 0.4) is 0 Å². The molecule has 92 valence electrons. The van der Waals surface area contributed by atoms with Crippen molar-refractivity contribution in [2.75, 3.05) is 5.73 Å². The lowest BCUT2D eigenvalue weighted by Gasteiger charge is -2.04. The maximum absolute atomic E-state index is 11.7. The summed E-state index contributed by atoms with van der Waals surface area (Å²) in [5, 5.41) is 4.62. The van der Waals surface area contributed by atoms with Crippen LogP contribution in [0.5, 0.6) is 0 Å². The number of hydrogen-bond donors (Lipinski definition) is 1. The van der Waals surface area contributed by atoms with Crippen LogP contribution in [0.1, 0.15) is 11.1 Å². The predicted octanol–water partition coefficient (Wildman–Crippen LogP) is 2.27. The summed E-state index contributed by atoms with van der Waals surface area (Å²) >= 11 is 5.99. The van der Waals surface area contributed by atoms with E-state index < -0.39 is 0 Å². The van der Waals surface area contributed by atoms with Gasteiger partial charge in [0, 0.05) is 16.7 Å². The largest absolute Gasteiger partial charge is 0.384 e. The maximum Gasteiger partial charge on any atom is 0.273 e. The fourth-order valence-electron chi connectivity index (χ4n) is 1.54. The topological polar surface area (TPSA) is 60.4 Å². The highest BCUT2D eigenvalue weighted by Gasteiger charge is 2.00. The summed E-state index contributed by atoms with van der Waals surface area (Å²) in [5.41, 5.74) is 7.01. The van der Waals surface area contributed by atoms with E-state index in [1.165, 1.54) is 12.3 Å². The lowest BCUT2D eigenvalue weighted by Crippen LogP contribution is -2.19. The number of halogens is 1. The van der Waals surface area contributed by atoms with E-state index in [9.17, 15) is 4.79 Å². The van der Waals surface area contributed by atoms with Crippen molar-refractivity contribution in [1.29, 1.82) is 0 Å². The van der Waals surface area contributed by atoms with Gasteiger partial charge in [-0.05, 0) is 24.6 Å². The number of anilines is 1. The van der Waals surface area contributed by atoms with Crippen molar-refractivity contribution in [3.63, 3.8) is 0 Å². The number of nitrogen functional groups attached to an aromatic ring is 1. The molecule has 0 fully saturated rings. The minimum atomic E-state index is -0.268. The van der Waals surface area contributed by atoms with E-state index in [0.717, 1.165) is 15.8 Å². The van der Waals surface area contributed by atoms with Crippen LogP contribution < -0.4 is 11.3 Å². The Morgan fingerprint density at radius 3 is 2.72 bits per heavy atom. The number of rotatable bonds is 2. The van der Waals surface area contributed by atoms with Crippen LogP contribution in [0.15, 0.2) is 46.3 Å². The van der Waals surface area contributed by atoms with Gasteiger partial charge in [0.15, 0.2) is 0 Å². The Hall–Kier alpha value is -2.07. The van der Waals surface area contributed by atoms with E-state index in [1.807, 2.05) is 12.1 Å². The Bertz CT molecular complexity index is 662. The molecule has 0 bridgehead atoms. The molecule has 1 heterocycles.